The smallest absolute Gasteiger partial charge is 0.347 e. The summed E-state index contributed by atoms with van der Waals surface area (Å²) in [5.41, 5.74) is 3.20. The molecule has 0 atom stereocenters. The predicted octanol–water partition coefficient (Wildman–Crippen LogP) is 3.55. The molecule has 0 saturated carbocycles. The number of nitrogens with zero attached hydrogens (tertiary/aromatic N) is 2. The van der Waals surface area contributed by atoms with Gasteiger partial charge in [-0.3, -0.25) is 0 Å². The zero-order valence-corrected chi connectivity index (χ0v) is 19.3. The summed E-state index contributed by atoms with van der Waals surface area (Å²) < 4.78 is 11.0. The molecule has 10 heteroatoms. The van der Waals surface area contributed by atoms with E-state index in [4.69, 9.17) is 19.4 Å². The zero-order valence-electron chi connectivity index (χ0n) is 19.3. The first-order valence-electron chi connectivity index (χ1n) is 10.9. The Morgan fingerprint density at radius 1 is 1.26 bits per heavy atom. The van der Waals surface area contributed by atoms with Crippen LogP contribution in [-0.2, 0) is 4.74 Å². The molecule has 0 unspecified atom stereocenters. The van der Waals surface area contributed by atoms with Gasteiger partial charge in [0.1, 0.15) is 0 Å². The number of aryl methyl sites for hydroxylation is 1. The van der Waals surface area contributed by atoms with Crippen LogP contribution in [0.5, 0.6) is 5.75 Å². The molecule has 2 heterocycles. The molecule has 0 saturated heterocycles. The first kappa shape index (κ1) is 25.5. The van der Waals surface area contributed by atoms with E-state index in [2.05, 4.69) is 27.4 Å². The van der Waals surface area contributed by atoms with Gasteiger partial charge in [-0.05, 0) is 48.4 Å². The van der Waals surface area contributed by atoms with Crippen molar-refractivity contribution in [3.63, 3.8) is 0 Å². The molecule has 1 aromatic heterocycles. The molecule has 5 N–H and O–H groups in total. The minimum absolute atomic E-state index is 0.000969. The van der Waals surface area contributed by atoms with Crippen LogP contribution in [0, 0.1) is 6.92 Å². The van der Waals surface area contributed by atoms with Gasteiger partial charge in [-0.15, -0.1) is 0 Å². The van der Waals surface area contributed by atoms with E-state index >= 15 is 0 Å². The van der Waals surface area contributed by atoms with E-state index in [9.17, 15) is 9.90 Å². The van der Waals surface area contributed by atoms with Crippen LogP contribution in [0.15, 0.2) is 62.7 Å². The van der Waals surface area contributed by atoms with Gasteiger partial charge in [-0.25, -0.2) is 4.79 Å². The molecule has 1 aromatic carbocycles. The number of esters is 1. The van der Waals surface area contributed by atoms with Crippen LogP contribution >= 0.6 is 0 Å². The third kappa shape index (κ3) is 6.69. The number of rotatable bonds is 10. The van der Waals surface area contributed by atoms with Crippen molar-refractivity contribution < 1.29 is 29.3 Å². The fourth-order valence-electron chi connectivity index (χ4n) is 3.14. The second-order valence-electron chi connectivity index (χ2n) is 7.53. The minimum atomic E-state index is -0.805. The number of nitrogens with one attached hydrogen (secondary N) is 2. The van der Waals surface area contributed by atoms with Gasteiger partial charge in [0.25, 0.3) is 0 Å². The highest BCUT2D eigenvalue weighted by Gasteiger charge is 2.27. The monoisotopic (exact) mass is 480 g/mol. The largest absolute Gasteiger partial charge is 0.504 e. The second kappa shape index (κ2) is 12.4. The Labute approximate surface area is 202 Å². The van der Waals surface area contributed by atoms with Crippen LogP contribution in [0.2, 0.25) is 0 Å². The summed E-state index contributed by atoms with van der Waals surface area (Å²) in [5, 5.41) is 42.7. The molecule has 0 aliphatic carbocycles. The van der Waals surface area contributed by atoms with Gasteiger partial charge >= 0.3 is 5.97 Å². The van der Waals surface area contributed by atoms with Crippen molar-refractivity contribution in [2.24, 2.45) is 10.2 Å². The molecule has 3 rings (SSSR count). The molecule has 184 valence electrons. The summed E-state index contributed by atoms with van der Waals surface area (Å²) >= 11 is 0. The average Bonchev–Trinajstić information content (AvgIpc) is 3.13. The quantitative estimate of drug-likeness (QED) is 0.256. The minimum Gasteiger partial charge on any atom is -0.504 e. The summed E-state index contributed by atoms with van der Waals surface area (Å²) in [6, 6.07) is 5.45. The highest BCUT2D eigenvalue weighted by molar-refractivity contribution is 6.01. The van der Waals surface area contributed by atoms with E-state index in [1.54, 1.807) is 24.3 Å². The fraction of sp³-hybridized carbons (Fsp3) is 0.240. The maximum Gasteiger partial charge on any atom is 0.347 e. The summed E-state index contributed by atoms with van der Waals surface area (Å²) in [5.74, 6) is -1.23. The maximum absolute atomic E-state index is 12.8. The second-order valence-corrected chi connectivity index (χ2v) is 7.53. The summed E-state index contributed by atoms with van der Waals surface area (Å²) in [6.45, 7) is 6.08. The van der Waals surface area contributed by atoms with E-state index in [0.29, 0.717) is 23.4 Å². The lowest BCUT2D eigenvalue weighted by molar-refractivity contribution is 0.0480. The Balaban J connectivity index is 1.99. The third-order valence-electron chi connectivity index (χ3n) is 4.94. The topological polar surface area (TPSA) is 149 Å². The lowest BCUT2D eigenvalue weighted by Crippen LogP contribution is -2.09. The van der Waals surface area contributed by atoms with Gasteiger partial charge < -0.3 is 35.1 Å². The number of aliphatic hydroxyl groups is 2. The number of carbonyl (C=O) groups is 1. The Bertz CT molecular complexity index is 1190. The lowest BCUT2D eigenvalue weighted by atomic mass is 10.1. The Hall–Kier alpha value is -4.15. The molecule has 1 aliphatic heterocycles. The van der Waals surface area contributed by atoms with Crippen molar-refractivity contribution in [1.29, 1.82) is 0 Å². The predicted molar refractivity (Wildman–Crippen MR) is 136 cm³/mol. The van der Waals surface area contributed by atoms with Crippen molar-refractivity contribution in [3.05, 3.63) is 65.0 Å². The number of aromatic hydroxyl groups is 1. The van der Waals surface area contributed by atoms with Gasteiger partial charge in [-0.2, -0.15) is 10.2 Å². The first-order valence-corrected chi connectivity index (χ1v) is 10.9. The van der Waals surface area contributed by atoms with E-state index < -0.39 is 11.7 Å². The summed E-state index contributed by atoms with van der Waals surface area (Å²) in [4.78, 5) is 12.8. The number of aliphatic hydroxyl groups excluding tert-OH is 2. The Morgan fingerprint density at radius 2 is 2.09 bits per heavy atom. The van der Waals surface area contributed by atoms with Gasteiger partial charge in [0.05, 0.1) is 19.4 Å². The number of allylic oxidation sites excluding steroid dienone is 4. The molecule has 0 amide bonds. The summed E-state index contributed by atoms with van der Waals surface area (Å²) in [7, 11) is 0. The van der Waals surface area contributed by atoms with Crippen molar-refractivity contribution in [1.82, 2.24) is 0 Å². The molecule has 0 bridgehead atoms. The third-order valence-corrected chi connectivity index (χ3v) is 4.94. The fourth-order valence-corrected chi connectivity index (χ4v) is 3.14. The Kier molecular flexibility index (Phi) is 8.99. The van der Waals surface area contributed by atoms with Crippen molar-refractivity contribution in [3.8, 4) is 5.75 Å². The lowest BCUT2D eigenvalue weighted by Gasteiger charge is -2.11. The van der Waals surface area contributed by atoms with E-state index in [1.807, 2.05) is 13.0 Å². The highest BCUT2D eigenvalue weighted by Crippen LogP contribution is 2.38. The SMILES string of the molecule is C=C1/C=C\C=N/N=CC1=Cc1oc(Nc2ccc(NCCO)cc2C)c(C(=O)OCCCO)c1O. The van der Waals surface area contributed by atoms with Crippen LogP contribution in [0.4, 0.5) is 17.3 Å². The molecular weight excluding hydrogens is 452 g/mol. The maximum atomic E-state index is 12.8. The van der Waals surface area contributed by atoms with Crippen molar-refractivity contribution in [2.75, 3.05) is 37.0 Å². The van der Waals surface area contributed by atoms with Crippen LogP contribution in [-0.4, -0.2) is 60.1 Å². The molecule has 35 heavy (non-hydrogen) atoms. The molecular formula is C25H28N4O6. The van der Waals surface area contributed by atoms with E-state index in [0.717, 1.165) is 11.3 Å². The molecule has 2 aromatic rings. The van der Waals surface area contributed by atoms with Gasteiger partial charge in [0, 0.05) is 42.7 Å². The summed E-state index contributed by atoms with van der Waals surface area (Å²) in [6.07, 6.45) is 8.12. The average molecular weight is 481 g/mol. The number of hydrogen-bond donors (Lipinski definition) is 5. The van der Waals surface area contributed by atoms with E-state index in [-0.39, 0.29) is 43.4 Å². The van der Waals surface area contributed by atoms with Crippen LogP contribution in [0.25, 0.3) is 6.08 Å². The van der Waals surface area contributed by atoms with Gasteiger partial charge in [-0.1, -0.05) is 12.7 Å². The van der Waals surface area contributed by atoms with Crippen LogP contribution in [0.1, 0.15) is 28.1 Å². The van der Waals surface area contributed by atoms with Crippen molar-refractivity contribution >= 4 is 41.7 Å². The van der Waals surface area contributed by atoms with Crippen LogP contribution in [0.3, 0.4) is 0 Å². The zero-order chi connectivity index (χ0) is 25.2. The number of anilines is 3. The normalized spacial score (nSPS) is 16.0. The number of furan rings is 1. The van der Waals surface area contributed by atoms with Gasteiger partial charge in [0.15, 0.2) is 17.1 Å². The molecule has 0 radical (unpaired) electrons. The highest BCUT2D eigenvalue weighted by atomic mass is 16.5. The number of hydrogen-bond acceptors (Lipinski definition) is 10. The standard InChI is InChI=1S/C25H28N4O6/c1-16-5-3-8-27-28-15-18(16)14-21-23(32)22(25(33)34-12-4-10-30)24(35-21)29-20-7-6-19(13-17(20)2)26-9-11-31/h3,5-8,13-15,26,29-32H,1,4,9-12H2,2H3/b5-3-,18-14?,27-8-,28-15?. The first-order chi connectivity index (χ1) is 16.9. The number of carbonyl (C=O) groups excluding carboxylic acids is 1. The molecule has 10 nitrogen and oxygen atoms in total. The van der Waals surface area contributed by atoms with Crippen LogP contribution < -0.4 is 10.6 Å². The van der Waals surface area contributed by atoms with E-state index in [1.165, 1.54) is 18.5 Å². The molecule has 1 aliphatic rings. The Morgan fingerprint density at radius 3 is 2.83 bits per heavy atom. The van der Waals surface area contributed by atoms with Crippen molar-refractivity contribution in [2.45, 2.75) is 13.3 Å². The number of ether oxygens (including phenoxy) is 1. The van der Waals surface area contributed by atoms with Gasteiger partial charge in [0.2, 0.25) is 5.88 Å². The number of benzene rings is 1. The molecule has 0 spiro atoms. The molecule has 0 fully saturated rings.